The van der Waals surface area contributed by atoms with E-state index < -0.39 is 0 Å². The van der Waals surface area contributed by atoms with E-state index in [0.717, 1.165) is 24.8 Å². The van der Waals surface area contributed by atoms with E-state index in [0.29, 0.717) is 24.5 Å². The van der Waals surface area contributed by atoms with E-state index in [9.17, 15) is 4.79 Å². The van der Waals surface area contributed by atoms with Crippen molar-refractivity contribution in [1.82, 2.24) is 20.0 Å². The molecule has 7 heteroatoms. The predicted molar refractivity (Wildman–Crippen MR) is 91.8 cm³/mol. The molecule has 2 saturated heterocycles. The minimum Gasteiger partial charge on any atom is -0.343 e. The Morgan fingerprint density at radius 3 is 2.55 bits per heavy atom. The Balaban J connectivity index is 0.00000121. The molecule has 2 aliphatic rings. The Kier molecular flexibility index (Phi) is 7.16. The Morgan fingerprint density at radius 1 is 1.36 bits per heavy atom. The number of fused-ring (bicyclic) bond motifs is 2. The zero-order chi connectivity index (χ0) is 14.1. The van der Waals surface area contributed by atoms with E-state index in [4.69, 9.17) is 0 Å². The first-order chi connectivity index (χ1) is 9.61. The molecule has 2 atom stereocenters. The van der Waals surface area contributed by atoms with E-state index in [-0.39, 0.29) is 30.7 Å². The van der Waals surface area contributed by atoms with Crippen LogP contribution in [0.3, 0.4) is 0 Å². The van der Waals surface area contributed by atoms with E-state index >= 15 is 0 Å². The number of rotatable bonds is 4. The number of aromatic nitrogens is 2. The lowest BCUT2D eigenvalue weighted by Crippen LogP contribution is -2.48. The molecule has 2 unspecified atom stereocenters. The van der Waals surface area contributed by atoms with E-state index in [1.54, 1.807) is 4.68 Å². The van der Waals surface area contributed by atoms with Crippen molar-refractivity contribution in [2.24, 2.45) is 7.05 Å². The molecular weight excluding hydrogens is 323 g/mol. The molecule has 1 aromatic heterocycles. The molecule has 3 rings (SSSR count). The van der Waals surface area contributed by atoms with Gasteiger partial charge in [0.05, 0.1) is 6.20 Å². The first-order valence-corrected chi connectivity index (χ1v) is 7.61. The van der Waals surface area contributed by atoms with Gasteiger partial charge in [-0.05, 0) is 37.7 Å². The Bertz CT molecular complexity index is 482. The van der Waals surface area contributed by atoms with Crippen molar-refractivity contribution in [1.29, 1.82) is 0 Å². The van der Waals surface area contributed by atoms with E-state index in [1.165, 1.54) is 12.8 Å². The quantitative estimate of drug-likeness (QED) is 0.904. The molecule has 0 radical (unpaired) electrons. The normalized spacial score (nSPS) is 26.0. The summed E-state index contributed by atoms with van der Waals surface area (Å²) in [6.07, 6.45) is 9.99. The van der Waals surface area contributed by atoms with Crippen molar-refractivity contribution in [3.63, 3.8) is 0 Å². The molecule has 1 aromatic rings. The molecule has 3 heterocycles. The zero-order valence-corrected chi connectivity index (χ0v) is 14.8. The van der Waals surface area contributed by atoms with E-state index in [2.05, 4.69) is 10.4 Å². The predicted octanol–water partition coefficient (Wildman–Crippen LogP) is 1.94. The highest BCUT2D eigenvalue weighted by molar-refractivity contribution is 5.85. The van der Waals surface area contributed by atoms with Crippen molar-refractivity contribution in [3.8, 4) is 0 Å². The van der Waals surface area contributed by atoms with Crippen molar-refractivity contribution >= 4 is 30.7 Å². The number of hydrogen-bond acceptors (Lipinski definition) is 3. The van der Waals surface area contributed by atoms with Crippen molar-refractivity contribution in [2.45, 2.75) is 56.7 Å². The van der Waals surface area contributed by atoms with Gasteiger partial charge in [0.25, 0.3) is 0 Å². The van der Waals surface area contributed by atoms with Gasteiger partial charge in [-0.15, -0.1) is 24.8 Å². The summed E-state index contributed by atoms with van der Waals surface area (Å²) in [5, 5.41) is 7.77. The summed E-state index contributed by atoms with van der Waals surface area (Å²) in [6.45, 7) is 0. The summed E-state index contributed by atoms with van der Waals surface area (Å²) in [5.41, 5.74) is 1.14. The van der Waals surface area contributed by atoms with Gasteiger partial charge in [-0.3, -0.25) is 9.48 Å². The third-order valence-electron chi connectivity index (χ3n) is 4.78. The van der Waals surface area contributed by atoms with Gasteiger partial charge in [-0.25, -0.2) is 0 Å². The molecule has 0 spiro atoms. The van der Waals surface area contributed by atoms with Crippen molar-refractivity contribution < 1.29 is 4.79 Å². The van der Waals surface area contributed by atoms with Crippen LogP contribution in [0.2, 0.25) is 0 Å². The summed E-state index contributed by atoms with van der Waals surface area (Å²) in [5.74, 6) is 0.264. The smallest absolute Gasteiger partial charge is 0.222 e. The highest BCUT2D eigenvalue weighted by Gasteiger charge is 2.36. The number of aryl methyl sites for hydroxylation is 2. The van der Waals surface area contributed by atoms with Gasteiger partial charge in [-0.1, -0.05) is 0 Å². The Hall–Kier alpha value is -0.780. The second-order valence-corrected chi connectivity index (χ2v) is 6.29. The molecule has 126 valence electrons. The number of piperidine rings is 1. The highest BCUT2D eigenvalue weighted by atomic mass is 35.5. The van der Waals surface area contributed by atoms with Gasteiger partial charge in [0, 0.05) is 44.8 Å². The van der Waals surface area contributed by atoms with Crippen LogP contribution < -0.4 is 5.32 Å². The third kappa shape index (κ3) is 4.37. The fourth-order valence-electron chi connectivity index (χ4n) is 3.58. The number of nitrogens with zero attached hydrogens (tertiary/aromatic N) is 3. The SMILES string of the molecule is CN(C(=O)CCc1cnn(C)c1)C1CC2CCC(C1)N2.Cl.Cl. The summed E-state index contributed by atoms with van der Waals surface area (Å²) in [4.78, 5) is 14.3. The second kappa shape index (κ2) is 8.18. The van der Waals surface area contributed by atoms with Crippen LogP contribution in [0.25, 0.3) is 0 Å². The van der Waals surface area contributed by atoms with Crippen molar-refractivity contribution in [2.75, 3.05) is 7.05 Å². The molecule has 1 N–H and O–H groups in total. The molecule has 22 heavy (non-hydrogen) atoms. The monoisotopic (exact) mass is 348 g/mol. The van der Waals surface area contributed by atoms with Crippen LogP contribution in [-0.2, 0) is 18.3 Å². The molecule has 0 aromatic carbocycles. The van der Waals surface area contributed by atoms with Gasteiger partial charge >= 0.3 is 0 Å². The van der Waals surface area contributed by atoms with Gasteiger partial charge in [0.1, 0.15) is 0 Å². The first-order valence-electron chi connectivity index (χ1n) is 7.61. The summed E-state index contributed by atoms with van der Waals surface area (Å²) >= 11 is 0. The van der Waals surface area contributed by atoms with Crippen LogP contribution in [-0.4, -0.2) is 45.8 Å². The fourth-order valence-corrected chi connectivity index (χ4v) is 3.58. The van der Waals surface area contributed by atoms with Gasteiger partial charge in [0.15, 0.2) is 0 Å². The number of nitrogens with one attached hydrogen (secondary N) is 1. The molecule has 2 aliphatic heterocycles. The van der Waals surface area contributed by atoms with Crippen molar-refractivity contribution in [3.05, 3.63) is 18.0 Å². The lowest BCUT2D eigenvalue weighted by Gasteiger charge is -2.35. The van der Waals surface area contributed by atoms with Gasteiger partial charge in [0.2, 0.25) is 5.91 Å². The van der Waals surface area contributed by atoms with Crippen LogP contribution in [0.4, 0.5) is 0 Å². The molecule has 1 amide bonds. The summed E-state index contributed by atoms with van der Waals surface area (Å²) in [7, 11) is 3.88. The maximum Gasteiger partial charge on any atom is 0.222 e. The summed E-state index contributed by atoms with van der Waals surface area (Å²) < 4.78 is 1.79. The zero-order valence-electron chi connectivity index (χ0n) is 13.2. The Labute approximate surface area is 144 Å². The average Bonchev–Trinajstić information content (AvgIpc) is 3.01. The highest BCUT2D eigenvalue weighted by Crippen LogP contribution is 2.29. The average molecular weight is 349 g/mol. The topological polar surface area (TPSA) is 50.2 Å². The number of hydrogen-bond donors (Lipinski definition) is 1. The lowest BCUT2D eigenvalue weighted by atomic mass is 9.98. The molecular formula is C15H26Cl2N4O. The number of amides is 1. The maximum atomic E-state index is 12.3. The lowest BCUT2D eigenvalue weighted by molar-refractivity contribution is -0.132. The van der Waals surface area contributed by atoms with Crippen LogP contribution in [0.15, 0.2) is 12.4 Å². The Morgan fingerprint density at radius 2 is 2.00 bits per heavy atom. The maximum absolute atomic E-state index is 12.3. The number of carbonyl (C=O) groups is 1. The standard InChI is InChI=1S/C15H24N4O.2ClH/c1-18-10-11(9-16-18)3-6-15(20)19(2)14-7-12-4-5-13(8-14)17-12;;/h9-10,12-14,17H,3-8H2,1-2H3;2*1H. The summed E-state index contributed by atoms with van der Waals surface area (Å²) in [6, 6.07) is 1.69. The van der Waals surface area contributed by atoms with Crippen LogP contribution >= 0.6 is 24.8 Å². The largest absolute Gasteiger partial charge is 0.343 e. The molecule has 2 fully saturated rings. The van der Waals surface area contributed by atoms with E-state index in [1.807, 2.05) is 31.4 Å². The minimum atomic E-state index is 0. The first kappa shape index (κ1) is 19.3. The van der Waals surface area contributed by atoms with Gasteiger partial charge < -0.3 is 10.2 Å². The molecule has 2 bridgehead atoms. The van der Waals surface area contributed by atoms with Gasteiger partial charge in [-0.2, -0.15) is 5.10 Å². The van der Waals surface area contributed by atoms with Crippen LogP contribution in [0.5, 0.6) is 0 Å². The molecule has 0 saturated carbocycles. The number of carbonyl (C=O) groups excluding carboxylic acids is 1. The van der Waals surface area contributed by atoms with Crippen LogP contribution in [0.1, 0.15) is 37.7 Å². The number of halogens is 2. The third-order valence-corrected chi connectivity index (χ3v) is 4.78. The molecule has 5 nitrogen and oxygen atoms in total. The second-order valence-electron chi connectivity index (χ2n) is 6.29. The minimum absolute atomic E-state index is 0. The fraction of sp³-hybridized carbons (Fsp3) is 0.733. The molecule has 0 aliphatic carbocycles. The van der Waals surface area contributed by atoms with Crippen LogP contribution in [0, 0.1) is 0 Å².